The summed E-state index contributed by atoms with van der Waals surface area (Å²) in [7, 11) is 0. The molecule has 0 fully saturated rings. The second-order valence-electron chi connectivity index (χ2n) is 3.69. The Kier molecular flexibility index (Phi) is 5.28. The van der Waals surface area contributed by atoms with Crippen LogP contribution < -0.4 is 10.6 Å². The molecule has 1 rings (SSSR count). The average molecular weight is 242 g/mol. The van der Waals surface area contributed by atoms with Crippen molar-refractivity contribution in [2.45, 2.75) is 32.8 Å². The number of hydrogen-bond acceptors (Lipinski definition) is 3. The molecule has 16 heavy (non-hydrogen) atoms. The van der Waals surface area contributed by atoms with Crippen LogP contribution in [0.15, 0.2) is 12.1 Å². The van der Waals surface area contributed by atoms with E-state index in [1.54, 1.807) is 0 Å². The van der Waals surface area contributed by atoms with Gasteiger partial charge in [0.15, 0.2) is 0 Å². The van der Waals surface area contributed by atoms with Crippen LogP contribution in [0.25, 0.3) is 0 Å². The molecule has 0 aliphatic carbocycles. The predicted octanol–water partition coefficient (Wildman–Crippen LogP) is 2.34. The fourth-order valence-corrected chi connectivity index (χ4v) is 2.07. The first-order chi connectivity index (χ1) is 7.61. The van der Waals surface area contributed by atoms with Gasteiger partial charge < -0.3 is 10.4 Å². The number of aliphatic hydroxyl groups is 1. The van der Waals surface area contributed by atoms with Crippen LogP contribution in [0.5, 0.6) is 0 Å². The van der Waals surface area contributed by atoms with Gasteiger partial charge in [0, 0.05) is 11.4 Å². The summed E-state index contributed by atoms with van der Waals surface area (Å²) in [5.41, 5.74) is 0. The number of hydrogen-bond donors (Lipinski definition) is 3. The largest absolute Gasteiger partial charge is 0.391 e. The third-order valence-electron chi connectivity index (χ3n) is 2.10. The Hall–Kier alpha value is -1.07. The highest BCUT2D eigenvalue weighted by Gasteiger charge is 2.06. The zero-order valence-electron chi connectivity index (χ0n) is 9.62. The third kappa shape index (κ3) is 4.63. The van der Waals surface area contributed by atoms with Crippen molar-refractivity contribution in [1.82, 2.24) is 5.32 Å². The lowest BCUT2D eigenvalue weighted by Crippen LogP contribution is -2.35. The van der Waals surface area contributed by atoms with Gasteiger partial charge in [-0.25, -0.2) is 4.79 Å². The van der Waals surface area contributed by atoms with Crippen molar-refractivity contribution < 1.29 is 9.90 Å². The third-order valence-corrected chi connectivity index (χ3v) is 3.01. The standard InChI is InChI=1S/C11H18N2O2S/c1-3-4-9(14)7-12-11(15)13-10-6-5-8(2)16-10/h5-6,9,14H,3-4,7H2,1-2H3,(H2,12,13,15). The second-order valence-corrected chi connectivity index (χ2v) is 4.98. The number of anilines is 1. The zero-order chi connectivity index (χ0) is 12.0. The number of rotatable bonds is 5. The van der Waals surface area contributed by atoms with Crippen LogP contribution in [0.1, 0.15) is 24.6 Å². The first-order valence-electron chi connectivity index (χ1n) is 5.41. The Bertz CT molecular complexity index is 338. The minimum absolute atomic E-state index is 0.267. The number of aliphatic hydroxyl groups excluding tert-OH is 1. The summed E-state index contributed by atoms with van der Waals surface area (Å²) >= 11 is 1.53. The normalized spacial score (nSPS) is 12.2. The number of thiophene rings is 1. The van der Waals surface area contributed by atoms with Crippen molar-refractivity contribution >= 4 is 22.4 Å². The Labute approximate surface area is 99.7 Å². The lowest BCUT2D eigenvalue weighted by Gasteiger charge is -2.10. The van der Waals surface area contributed by atoms with E-state index in [0.29, 0.717) is 13.0 Å². The summed E-state index contributed by atoms with van der Waals surface area (Å²) in [6.45, 7) is 4.28. The van der Waals surface area contributed by atoms with Gasteiger partial charge >= 0.3 is 6.03 Å². The molecule has 0 aliphatic rings. The summed E-state index contributed by atoms with van der Waals surface area (Å²) in [4.78, 5) is 12.6. The molecule has 1 heterocycles. The van der Waals surface area contributed by atoms with Crippen LogP contribution >= 0.6 is 11.3 Å². The highest BCUT2D eigenvalue weighted by atomic mass is 32.1. The molecule has 3 N–H and O–H groups in total. The molecule has 0 aromatic carbocycles. The molecule has 0 spiro atoms. The number of urea groups is 1. The zero-order valence-corrected chi connectivity index (χ0v) is 10.4. The van der Waals surface area contributed by atoms with E-state index in [1.807, 2.05) is 26.0 Å². The summed E-state index contributed by atoms with van der Waals surface area (Å²) < 4.78 is 0. The monoisotopic (exact) mass is 242 g/mol. The molecule has 0 aliphatic heterocycles. The van der Waals surface area contributed by atoms with Crippen LogP contribution in [0, 0.1) is 6.92 Å². The van der Waals surface area contributed by atoms with Crippen molar-refractivity contribution in [1.29, 1.82) is 0 Å². The Morgan fingerprint density at radius 3 is 2.88 bits per heavy atom. The second kappa shape index (κ2) is 6.50. The van der Waals surface area contributed by atoms with Crippen LogP contribution in [0.3, 0.4) is 0 Å². The van der Waals surface area contributed by atoms with Gasteiger partial charge in [0.05, 0.1) is 11.1 Å². The SMILES string of the molecule is CCCC(O)CNC(=O)Nc1ccc(C)s1. The molecule has 0 saturated heterocycles. The average Bonchev–Trinajstić information content (AvgIpc) is 2.61. The fraction of sp³-hybridized carbons (Fsp3) is 0.545. The van der Waals surface area contributed by atoms with Crippen LogP contribution in [0.2, 0.25) is 0 Å². The maximum absolute atomic E-state index is 11.4. The molecule has 90 valence electrons. The quantitative estimate of drug-likeness (QED) is 0.742. The Morgan fingerprint density at radius 1 is 1.56 bits per heavy atom. The van der Waals surface area contributed by atoms with Gasteiger partial charge in [0.2, 0.25) is 0 Å². The molecule has 1 unspecified atom stereocenters. The topological polar surface area (TPSA) is 61.4 Å². The molecule has 4 nitrogen and oxygen atoms in total. The van der Waals surface area contributed by atoms with Gasteiger partial charge in [0.25, 0.3) is 0 Å². The minimum Gasteiger partial charge on any atom is -0.391 e. The maximum Gasteiger partial charge on any atom is 0.319 e. The maximum atomic E-state index is 11.4. The molecule has 0 saturated carbocycles. The van der Waals surface area contributed by atoms with E-state index in [2.05, 4.69) is 10.6 Å². The van der Waals surface area contributed by atoms with Crippen LogP contribution in [-0.4, -0.2) is 23.8 Å². The smallest absolute Gasteiger partial charge is 0.319 e. The molecule has 0 radical (unpaired) electrons. The van der Waals surface area contributed by atoms with E-state index >= 15 is 0 Å². The molecule has 1 aromatic heterocycles. The van der Waals surface area contributed by atoms with Gasteiger partial charge in [-0.15, -0.1) is 11.3 Å². The van der Waals surface area contributed by atoms with Crippen molar-refractivity contribution in [3.05, 3.63) is 17.0 Å². The number of carbonyl (C=O) groups is 1. The van der Waals surface area contributed by atoms with E-state index in [0.717, 1.165) is 16.3 Å². The molecule has 1 aromatic rings. The van der Waals surface area contributed by atoms with Crippen molar-refractivity contribution in [2.75, 3.05) is 11.9 Å². The highest BCUT2D eigenvalue weighted by molar-refractivity contribution is 7.16. The Morgan fingerprint density at radius 2 is 2.31 bits per heavy atom. The number of nitrogens with one attached hydrogen (secondary N) is 2. The first kappa shape index (κ1) is 13.0. The summed E-state index contributed by atoms with van der Waals surface area (Å²) in [5, 5.41) is 15.6. The summed E-state index contributed by atoms with van der Waals surface area (Å²) in [6, 6.07) is 3.55. The molecular weight excluding hydrogens is 224 g/mol. The molecule has 5 heteroatoms. The highest BCUT2D eigenvalue weighted by Crippen LogP contribution is 2.20. The van der Waals surface area contributed by atoms with Gasteiger partial charge in [-0.1, -0.05) is 13.3 Å². The summed E-state index contributed by atoms with van der Waals surface area (Å²) in [5.74, 6) is 0. The molecular formula is C11H18N2O2S. The Balaban J connectivity index is 2.26. The van der Waals surface area contributed by atoms with Gasteiger partial charge in [-0.05, 0) is 25.5 Å². The van der Waals surface area contributed by atoms with Crippen molar-refractivity contribution in [3.8, 4) is 0 Å². The summed E-state index contributed by atoms with van der Waals surface area (Å²) in [6.07, 6.45) is 1.16. The fourth-order valence-electron chi connectivity index (χ4n) is 1.30. The van der Waals surface area contributed by atoms with Crippen molar-refractivity contribution in [2.24, 2.45) is 0 Å². The van der Waals surface area contributed by atoms with Crippen LogP contribution in [-0.2, 0) is 0 Å². The minimum atomic E-state index is -0.458. The number of amides is 2. The van der Waals surface area contributed by atoms with Crippen molar-refractivity contribution in [3.63, 3.8) is 0 Å². The van der Waals surface area contributed by atoms with E-state index in [4.69, 9.17) is 0 Å². The van der Waals surface area contributed by atoms with E-state index in [9.17, 15) is 9.90 Å². The lowest BCUT2D eigenvalue weighted by atomic mass is 10.2. The van der Waals surface area contributed by atoms with Gasteiger partial charge in [-0.3, -0.25) is 5.32 Å². The van der Waals surface area contributed by atoms with E-state index in [-0.39, 0.29) is 6.03 Å². The number of aryl methyl sites for hydroxylation is 1. The molecule has 2 amide bonds. The van der Waals surface area contributed by atoms with Crippen LogP contribution in [0.4, 0.5) is 9.80 Å². The molecule has 1 atom stereocenters. The predicted molar refractivity (Wildman–Crippen MR) is 67.0 cm³/mol. The van der Waals surface area contributed by atoms with Gasteiger partial charge in [0.1, 0.15) is 0 Å². The molecule has 0 bridgehead atoms. The van der Waals surface area contributed by atoms with Gasteiger partial charge in [-0.2, -0.15) is 0 Å². The van der Waals surface area contributed by atoms with E-state index in [1.165, 1.54) is 11.3 Å². The lowest BCUT2D eigenvalue weighted by molar-refractivity contribution is 0.162. The first-order valence-corrected chi connectivity index (χ1v) is 6.22. The van der Waals surface area contributed by atoms with E-state index < -0.39 is 6.10 Å². The number of carbonyl (C=O) groups excluding carboxylic acids is 1.